The largest absolute Gasteiger partial charge is 0.497 e. The summed E-state index contributed by atoms with van der Waals surface area (Å²) in [6.07, 6.45) is 7.19. The number of fused-ring (bicyclic) bond motifs is 1. The summed E-state index contributed by atoms with van der Waals surface area (Å²) in [5.74, 6) is 1.66. The van der Waals surface area contributed by atoms with E-state index >= 15 is 0 Å². The van der Waals surface area contributed by atoms with E-state index in [0.29, 0.717) is 6.61 Å². The molecule has 4 nitrogen and oxygen atoms in total. The Balaban J connectivity index is 1.61. The molecular formula is C15H19NO3. The first-order valence-electron chi connectivity index (χ1n) is 6.86. The number of anilines is 1. The van der Waals surface area contributed by atoms with E-state index in [1.165, 1.54) is 0 Å². The van der Waals surface area contributed by atoms with E-state index in [4.69, 9.17) is 14.2 Å². The third-order valence-corrected chi connectivity index (χ3v) is 3.30. The first-order chi connectivity index (χ1) is 9.42. The Morgan fingerprint density at radius 1 is 1.16 bits per heavy atom. The SMILES string of the molecule is C1=COC(CNc2ccc3c(c2)OCCCO3)CC1. The number of allylic oxidation sites excluding steroid dienone is 1. The predicted molar refractivity (Wildman–Crippen MR) is 73.8 cm³/mol. The van der Waals surface area contributed by atoms with Crippen LogP contribution in [0.1, 0.15) is 19.3 Å². The molecule has 1 N–H and O–H groups in total. The van der Waals surface area contributed by atoms with Crippen molar-refractivity contribution in [1.82, 2.24) is 0 Å². The summed E-state index contributed by atoms with van der Waals surface area (Å²) in [5, 5.41) is 3.39. The lowest BCUT2D eigenvalue weighted by Crippen LogP contribution is -2.22. The van der Waals surface area contributed by atoms with Crippen molar-refractivity contribution < 1.29 is 14.2 Å². The summed E-state index contributed by atoms with van der Waals surface area (Å²) in [4.78, 5) is 0. The number of hydrogen-bond donors (Lipinski definition) is 1. The van der Waals surface area contributed by atoms with Gasteiger partial charge in [0.15, 0.2) is 11.5 Å². The summed E-state index contributed by atoms with van der Waals surface area (Å²) in [6, 6.07) is 5.98. The van der Waals surface area contributed by atoms with E-state index < -0.39 is 0 Å². The van der Waals surface area contributed by atoms with Crippen molar-refractivity contribution in [2.75, 3.05) is 25.1 Å². The molecule has 0 amide bonds. The van der Waals surface area contributed by atoms with Crippen molar-refractivity contribution in [3.05, 3.63) is 30.5 Å². The molecule has 2 aliphatic heterocycles. The molecule has 0 saturated carbocycles. The van der Waals surface area contributed by atoms with Gasteiger partial charge in [-0.05, 0) is 31.1 Å². The van der Waals surface area contributed by atoms with Crippen LogP contribution < -0.4 is 14.8 Å². The zero-order valence-corrected chi connectivity index (χ0v) is 10.9. The van der Waals surface area contributed by atoms with Crippen LogP contribution in [0.2, 0.25) is 0 Å². The molecular weight excluding hydrogens is 242 g/mol. The van der Waals surface area contributed by atoms with Crippen LogP contribution in [0.3, 0.4) is 0 Å². The maximum atomic E-state index is 5.67. The van der Waals surface area contributed by atoms with Gasteiger partial charge in [-0.25, -0.2) is 0 Å². The van der Waals surface area contributed by atoms with Crippen molar-refractivity contribution in [1.29, 1.82) is 0 Å². The molecule has 2 heterocycles. The summed E-state index contributed by atoms with van der Waals surface area (Å²) >= 11 is 0. The molecule has 0 aromatic heterocycles. The van der Waals surface area contributed by atoms with E-state index in [9.17, 15) is 0 Å². The third-order valence-electron chi connectivity index (χ3n) is 3.30. The Morgan fingerprint density at radius 3 is 2.89 bits per heavy atom. The van der Waals surface area contributed by atoms with Crippen molar-refractivity contribution in [3.8, 4) is 11.5 Å². The van der Waals surface area contributed by atoms with Gasteiger partial charge in [0.05, 0.1) is 26.0 Å². The molecule has 19 heavy (non-hydrogen) atoms. The second-order valence-corrected chi connectivity index (χ2v) is 4.80. The van der Waals surface area contributed by atoms with E-state index in [1.54, 1.807) is 6.26 Å². The standard InChI is InChI=1S/C15H19NO3/c1-2-7-17-13(4-1)11-16-12-5-6-14-15(10-12)19-9-3-8-18-14/h2,5-7,10,13,16H,1,3-4,8-9,11H2. The normalized spacial score (nSPS) is 21.4. The molecule has 1 unspecified atom stereocenters. The number of benzene rings is 1. The molecule has 4 heteroatoms. The predicted octanol–water partition coefficient (Wildman–Crippen LogP) is 2.95. The molecule has 102 valence electrons. The number of rotatable bonds is 3. The zero-order chi connectivity index (χ0) is 12.9. The molecule has 3 rings (SSSR count). The maximum absolute atomic E-state index is 5.67. The van der Waals surface area contributed by atoms with Gasteiger partial charge in [0, 0.05) is 18.2 Å². The molecule has 0 aliphatic carbocycles. The Labute approximate surface area is 113 Å². The van der Waals surface area contributed by atoms with Crippen LogP contribution in [0.25, 0.3) is 0 Å². The van der Waals surface area contributed by atoms with Gasteiger partial charge in [0.2, 0.25) is 0 Å². The topological polar surface area (TPSA) is 39.7 Å². The lowest BCUT2D eigenvalue weighted by atomic mass is 10.1. The molecule has 0 fully saturated rings. The fourth-order valence-corrected chi connectivity index (χ4v) is 2.24. The molecule has 0 saturated heterocycles. The molecule has 1 aromatic carbocycles. The Bertz CT molecular complexity index is 459. The smallest absolute Gasteiger partial charge is 0.163 e. The van der Waals surface area contributed by atoms with Crippen LogP contribution in [-0.2, 0) is 4.74 Å². The van der Waals surface area contributed by atoms with Crippen LogP contribution in [0.15, 0.2) is 30.5 Å². The van der Waals surface area contributed by atoms with Gasteiger partial charge in [-0.1, -0.05) is 0 Å². The lowest BCUT2D eigenvalue weighted by molar-refractivity contribution is 0.135. The Hall–Kier alpha value is -1.84. The second-order valence-electron chi connectivity index (χ2n) is 4.80. The molecule has 0 bridgehead atoms. The number of nitrogens with one attached hydrogen (secondary N) is 1. The van der Waals surface area contributed by atoms with E-state index in [-0.39, 0.29) is 6.10 Å². The Morgan fingerprint density at radius 2 is 2.05 bits per heavy atom. The van der Waals surface area contributed by atoms with Gasteiger partial charge >= 0.3 is 0 Å². The van der Waals surface area contributed by atoms with Gasteiger partial charge < -0.3 is 19.5 Å². The molecule has 2 aliphatic rings. The summed E-state index contributed by atoms with van der Waals surface area (Å²) < 4.78 is 16.8. The average Bonchev–Trinajstić information content (AvgIpc) is 2.71. The maximum Gasteiger partial charge on any atom is 0.163 e. The molecule has 0 spiro atoms. The van der Waals surface area contributed by atoms with Gasteiger partial charge in [-0.3, -0.25) is 0 Å². The van der Waals surface area contributed by atoms with E-state index in [0.717, 1.165) is 49.6 Å². The highest BCUT2D eigenvalue weighted by Crippen LogP contribution is 2.32. The minimum atomic E-state index is 0.251. The number of hydrogen-bond acceptors (Lipinski definition) is 4. The van der Waals surface area contributed by atoms with Crippen molar-refractivity contribution in [2.45, 2.75) is 25.4 Å². The lowest BCUT2D eigenvalue weighted by Gasteiger charge is -2.20. The van der Waals surface area contributed by atoms with Crippen LogP contribution in [0.4, 0.5) is 5.69 Å². The van der Waals surface area contributed by atoms with Gasteiger partial charge in [0.25, 0.3) is 0 Å². The quantitative estimate of drug-likeness (QED) is 0.908. The fraction of sp³-hybridized carbons (Fsp3) is 0.467. The summed E-state index contributed by atoms with van der Waals surface area (Å²) in [5.41, 5.74) is 1.04. The second kappa shape index (κ2) is 5.87. The van der Waals surface area contributed by atoms with E-state index in [1.807, 2.05) is 18.2 Å². The third kappa shape index (κ3) is 3.13. The van der Waals surface area contributed by atoms with Crippen molar-refractivity contribution in [2.24, 2.45) is 0 Å². The van der Waals surface area contributed by atoms with Crippen LogP contribution in [0, 0.1) is 0 Å². The highest BCUT2D eigenvalue weighted by atomic mass is 16.5. The highest BCUT2D eigenvalue weighted by molar-refractivity contribution is 5.55. The van der Waals surface area contributed by atoms with Gasteiger partial charge in [-0.2, -0.15) is 0 Å². The van der Waals surface area contributed by atoms with Crippen LogP contribution in [-0.4, -0.2) is 25.9 Å². The minimum absolute atomic E-state index is 0.251. The van der Waals surface area contributed by atoms with Crippen molar-refractivity contribution in [3.63, 3.8) is 0 Å². The summed E-state index contributed by atoms with van der Waals surface area (Å²) in [6.45, 7) is 2.25. The molecule has 0 radical (unpaired) electrons. The molecule has 1 aromatic rings. The van der Waals surface area contributed by atoms with Crippen LogP contribution in [0.5, 0.6) is 11.5 Å². The minimum Gasteiger partial charge on any atom is -0.497 e. The molecule has 1 atom stereocenters. The Kier molecular flexibility index (Phi) is 3.77. The van der Waals surface area contributed by atoms with Gasteiger partial charge in [-0.15, -0.1) is 0 Å². The monoisotopic (exact) mass is 261 g/mol. The number of ether oxygens (including phenoxy) is 3. The van der Waals surface area contributed by atoms with E-state index in [2.05, 4.69) is 11.4 Å². The summed E-state index contributed by atoms with van der Waals surface area (Å²) in [7, 11) is 0. The average molecular weight is 261 g/mol. The highest BCUT2D eigenvalue weighted by Gasteiger charge is 2.13. The van der Waals surface area contributed by atoms with Gasteiger partial charge in [0.1, 0.15) is 6.10 Å². The zero-order valence-electron chi connectivity index (χ0n) is 10.9. The first kappa shape index (κ1) is 12.2. The van der Waals surface area contributed by atoms with Crippen LogP contribution >= 0.6 is 0 Å². The first-order valence-corrected chi connectivity index (χ1v) is 6.86. The van der Waals surface area contributed by atoms with Crippen molar-refractivity contribution >= 4 is 5.69 Å². The fourth-order valence-electron chi connectivity index (χ4n) is 2.24.